The topological polar surface area (TPSA) is 91.3 Å². The van der Waals surface area contributed by atoms with Crippen molar-refractivity contribution in [2.24, 2.45) is 7.05 Å². The van der Waals surface area contributed by atoms with Gasteiger partial charge in [0.05, 0.1) is 5.52 Å². The highest BCUT2D eigenvalue weighted by Crippen LogP contribution is 2.28. The molecule has 0 radical (unpaired) electrons. The normalized spacial score (nSPS) is 14.1. The molecule has 0 aliphatic carbocycles. The molecule has 0 atom stereocenters. The van der Waals surface area contributed by atoms with Crippen LogP contribution < -0.4 is 20.9 Å². The Morgan fingerprint density at radius 3 is 2.71 bits per heavy atom. The van der Waals surface area contributed by atoms with Crippen LogP contribution in [0.1, 0.15) is 33.1 Å². The molecule has 154 valence electrons. The second kappa shape index (κ2) is 10.7. The number of aryl methyl sites for hydroxylation is 1. The summed E-state index contributed by atoms with van der Waals surface area (Å²) < 4.78 is 1.77. The number of rotatable bonds is 7. The molecule has 1 aliphatic rings. The highest BCUT2D eigenvalue weighted by atomic mass is 16.2. The summed E-state index contributed by atoms with van der Waals surface area (Å²) in [5, 5.41) is 14.9. The third-order valence-corrected chi connectivity index (χ3v) is 4.80. The van der Waals surface area contributed by atoms with E-state index in [9.17, 15) is 9.59 Å². The number of piperidine rings is 1. The standard InChI is InChI=1S/C18H26N6O2.C2H6/c1-19-17(26)7-10-24(12-25)18-15-4-3-14(11-16(15)23(2)22-18)21-13-5-8-20-9-6-13;1-2/h3-4,11-13,20-21H,5-10H2,1-2H3,(H,19,26);1-2H3. The Kier molecular flexibility index (Phi) is 8.25. The first kappa shape index (κ1) is 21.7. The van der Waals surface area contributed by atoms with Crippen LogP contribution in [0.25, 0.3) is 10.9 Å². The summed E-state index contributed by atoms with van der Waals surface area (Å²) in [7, 11) is 3.45. The van der Waals surface area contributed by atoms with Gasteiger partial charge in [-0.05, 0) is 44.1 Å². The van der Waals surface area contributed by atoms with Crippen LogP contribution in [0.4, 0.5) is 11.5 Å². The number of aromatic nitrogens is 2. The van der Waals surface area contributed by atoms with Gasteiger partial charge in [0.25, 0.3) is 0 Å². The lowest BCUT2D eigenvalue weighted by Crippen LogP contribution is -2.35. The Morgan fingerprint density at radius 2 is 2.07 bits per heavy atom. The minimum atomic E-state index is -0.106. The van der Waals surface area contributed by atoms with Gasteiger partial charge in [-0.1, -0.05) is 13.8 Å². The second-order valence-electron chi connectivity index (χ2n) is 6.57. The average Bonchev–Trinajstić information content (AvgIpc) is 3.06. The summed E-state index contributed by atoms with van der Waals surface area (Å²) in [5.74, 6) is 0.473. The number of hydrogen-bond acceptors (Lipinski definition) is 5. The molecule has 3 N–H and O–H groups in total. The van der Waals surface area contributed by atoms with E-state index in [2.05, 4.69) is 27.1 Å². The Bertz CT molecular complexity index is 782. The SMILES string of the molecule is CC.CNC(=O)CCN(C=O)c1nn(C)c2cc(NC3CCNCC3)ccc12. The molecule has 0 saturated carbocycles. The molecule has 0 bridgehead atoms. The molecule has 1 aliphatic heterocycles. The Labute approximate surface area is 166 Å². The maximum atomic E-state index is 11.5. The van der Waals surface area contributed by atoms with Crippen molar-refractivity contribution < 1.29 is 9.59 Å². The number of nitrogens with one attached hydrogen (secondary N) is 3. The predicted molar refractivity (Wildman–Crippen MR) is 114 cm³/mol. The molecular weight excluding hydrogens is 356 g/mol. The van der Waals surface area contributed by atoms with Crippen molar-refractivity contribution in [1.29, 1.82) is 0 Å². The number of fused-ring (bicyclic) bond motifs is 1. The largest absolute Gasteiger partial charge is 0.382 e. The summed E-state index contributed by atoms with van der Waals surface area (Å²) >= 11 is 0. The van der Waals surface area contributed by atoms with Crippen molar-refractivity contribution in [3.8, 4) is 0 Å². The van der Waals surface area contributed by atoms with Crippen LogP contribution in [-0.2, 0) is 16.6 Å². The molecule has 2 amide bonds. The van der Waals surface area contributed by atoms with Crippen molar-refractivity contribution in [3.63, 3.8) is 0 Å². The summed E-state index contributed by atoms with van der Waals surface area (Å²) in [6, 6.07) is 6.55. The van der Waals surface area contributed by atoms with Gasteiger partial charge in [0.15, 0.2) is 5.82 Å². The van der Waals surface area contributed by atoms with Gasteiger partial charge in [-0.25, -0.2) is 0 Å². The van der Waals surface area contributed by atoms with Crippen molar-refractivity contribution in [3.05, 3.63) is 18.2 Å². The molecule has 0 spiro atoms. The molecule has 1 aromatic heterocycles. The van der Waals surface area contributed by atoms with E-state index in [-0.39, 0.29) is 12.3 Å². The fourth-order valence-electron chi connectivity index (χ4n) is 3.30. The number of carbonyl (C=O) groups is 2. The van der Waals surface area contributed by atoms with Crippen molar-refractivity contribution in [2.45, 2.75) is 39.2 Å². The van der Waals surface area contributed by atoms with Crippen LogP contribution in [0.3, 0.4) is 0 Å². The lowest BCUT2D eigenvalue weighted by atomic mass is 10.1. The zero-order chi connectivity index (χ0) is 20.5. The van der Waals surface area contributed by atoms with Gasteiger partial charge in [0, 0.05) is 44.2 Å². The molecule has 0 unspecified atom stereocenters. The quantitative estimate of drug-likeness (QED) is 0.630. The Balaban J connectivity index is 0.00000136. The van der Waals surface area contributed by atoms with Crippen molar-refractivity contribution in [2.75, 3.05) is 36.9 Å². The summed E-state index contributed by atoms with van der Waals surface area (Å²) in [4.78, 5) is 24.5. The van der Waals surface area contributed by atoms with Crippen molar-refractivity contribution >= 4 is 34.7 Å². The van der Waals surface area contributed by atoms with Crippen LogP contribution in [0.15, 0.2) is 18.2 Å². The van der Waals surface area contributed by atoms with E-state index in [1.165, 1.54) is 4.90 Å². The average molecular weight is 389 g/mol. The Morgan fingerprint density at radius 1 is 1.36 bits per heavy atom. The Hall–Kier alpha value is -2.61. The van der Waals surface area contributed by atoms with Crippen LogP contribution in [-0.4, -0.2) is 54.8 Å². The van der Waals surface area contributed by atoms with Crippen LogP contribution in [0.5, 0.6) is 0 Å². The number of carbonyl (C=O) groups excluding carboxylic acids is 2. The highest BCUT2D eigenvalue weighted by Gasteiger charge is 2.18. The summed E-state index contributed by atoms with van der Waals surface area (Å²) in [5.41, 5.74) is 2.01. The lowest BCUT2D eigenvalue weighted by molar-refractivity contribution is -0.120. The molecule has 3 rings (SSSR count). The van der Waals surface area contributed by atoms with Crippen LogP contribution in [0, 0.1) is 0 Å². The molecule has 1 fully saturated rings. The van der Waals surface area contributed by atoms with Crippen molar-refractivity contribution in [1.82, 2.24) is 20.4 Å². The summed E-state index contributed by atoms with van der Waals surface area (Å²) in [6.45, 7) is 6.37. The van der Waals surface area contributed by atoms with E-state index < -0.39 is 0 Å². The number of anilines is 2. The van der Waals surface area contributed by atoms with E-state index in [1.807, 2.05) is 33.0 Å². The third kappa shape index (κ3) is 5.22. The molecule has 2 heterocycles. The minimum absolute atomic E-state index is 0.106. The highest BCUT2D eigenvalue weighted by molar-refractivity contribution is 5.97. The first-order valence-corrected chi connectivity index (χ1v) is 9.99. The van der Waals surface area contributed by atoms with Gasteiger partial charge in [-0.15, -0.1) is 0 Å². The molecule has 28 heavy (non-hydrogen) atoms. The fourth-order valence-corrected chi connectivity index (χ4v) is 3.30. The molecule has 8 nitrogen and oxygen atoms in total. The zero-order valence-corrected chi connectivity index (χ0v) is 17.3. The van der Waals surface area contributed by atoms with E-state index in [0.29, 0.717) is 18.4 Å². The number of hydrogen-bond donors (Lipinski definition) is 3. The minimum Gasteiger partial charge on any atom is -0.382 e. The van der Waals surface area contributed by atoms with Gasteiger partial charge in [0.1, 0.15) is 0 Å². The van der Waals surface area contributed by atoms with E-state index >= 15 is 0 Å². The van der Waals surface area contributed by atoms with E-state index in [4.69, 9.17) is 0 Å². The monoisotopic (exact) mass is 388 g/mol. The summed E-state index contributed by atoms with van der Waals surface area (Å²) in [6.07, 6.45) is 3.18. The van der Waals surface area contributed by atoms with Gasteiger partial charge in [-0.3, -0.25) is 19.2 Å². The maximum Gasteiger partial charge on any atom is 0.221 e. The number of amides is 2. The molecule has 1 saturated heterocycles. The third-order valence-electron chi connectivity index (χ3n) is 4.80. The molecular formula is C20H32N6O2. The second-order valence-corrected chi connectivity index (χ2v) is 6.57. The van der Waals surface area contributed by atoms with Gasteiger partial charge in [-0.2, -0.15) is 5.10 Å². The number of benzene rings is 1. The molecule has 2 aromatic rings. The van der Waals surface area contributed by atoms with E-state index in [1.54, 1.807) is 11.7 Å². The predicted octanol–water partition coefficient (Wildman–Crippen LogP) is 1.86. The van der Waals surface area contributed by atoms with Crippen LogP contribution >= 0.6 is 0 Å². The van der Waals surface area contributed by atoms with Gasteiger partial charge >= 0.3 is 0 Å². The zero-order valence-electron chi connectivity index (χ0n) is 17.3. The number of nitrogens with zero attached hydrogens (tertiary/aromatic N) is 3. The smallest absolute Gasteiger partial charge is 0.221 e. The lowest BCUT2D eigenvalue weighted by Gasteiger charge is -2.24. The van der Waals surface area contributed by atoms with Gasteiger partial charge < -0.3 is 16.0 Å². The molecule has 8 heteroatoms. The first-order chi connectivity index (χ1) is 13.6. The van der Waals surface area contributed by atoms with E-state index in [0.717, 1.165) is 48.9 Å². The maximum absolute atomic E-state index is 11.5. The van der Waals surface area contributed by atoms with Crippen LogP contribution in [0.2, 0.25) is 0 Å². The fraction of sp³-hybridized carbons (Fsp3) is 0.550. The van der Waals surface area contributed by atoms with Gasteiger partial charge in [0.2, 0.25) is 12.3 Å². The first-order valence-electron chi connectivity index (χ1n) is 9.99. The molecule has 1 aromatic carbocycles.